The number of nitrogens with two attached hydrogens (primary N) is 1. The Labute approximate surface area is 202 Å². The topological polar surface area (TPSA) is 125 Å². The highest BCUT2D eigenvalue weighted by molar-refractivity contribution is 5.53. The van der Waals surface area contributed by atoms with Crippen molar-refractivity contribution in [2.75, 3.05) is 61.3 Å². The lowest BCUT2D eigenvalue weighted by molar-refractivity contribution is 0.205. The van der Waals surface area contributed by atoms with Crippen LogP contribution in [0.4, 0.5) is 17.6 Å². The molecular formula is C24H29N9O2. The van der Waals surface area contributed by atoms with Gasteiger partial charge in [-0.05, 0) is 55.2 Å². The van der Waals surface area contributed by atoms with Crippen molar-refractivity contribution in [3.63, 3.8) is 0 Å². The van der Waals surface area contributed by atoms with Crippen LogP contribution in [0.2, 0.25) is 0 Å². The van der Waals surface area contributed by atoms with E-state index in [2.05, 4.69) is 34.8 Å². The summed E-state index contributed by atoms with van der Waals surface area (Å²) in [5.41, 5.74) is 7.38. The number of phenolic OH excluding ortho intramolecular Hbond substituents is 1. The number of aromatic nitrogens is 5. The lowest BCUT2D eigenvalue weighted by Gasteiger charge is -2.40. The molecule has 2 aliphatic heterocycles. The third-order valence-corrected chi connectivity index (χ3v) is 6.87. The molecular weight excluding hydrogens is 446 g/mol. The molecule has 0 saturated carbocycles. The van der Waals surface area contributed by atoms with Gasteiger partial charge in [-0.2, -0.15) is 19.5 Å². The number of furan rings is 1. The smallest absolute Gasteiger partial charge is 0.259 e. The number of nitrogen functional groups attached to an aromatic ring is 1. The fourth-order valence-electron chi connectivity index (χ4n) is 5.06. The summed E-state index contributed by atoms with van der Waals surface area (Å²) in [5, 5.41) is 13.9. The predicted octanol–water partition coefficient (Wildman–Crippen LogP) is 2.11. The van der Waals surface area contributed by atoms with Crippen LogP contribution in [0.3, 0.4) is 0 Å². The molecule has 3 N–H and O–H groups in total. The molecule has 4 aromatic rings. The zero-order valence-corrected chi connectivity index (χ0v) is 19.5. The van der Waals surface area contributed by atoms with E-state index in [-0.39, 0.29) is 5.95 Å². The second-order valence-corrected chi connectivity index (χ2v) is 9.26. The molecule has 2 saturated heterocycles. The van der Waals surface area contributed by atoms with Gasteiger partial charge < -0.3 is 25.1 Å². The number of hydrogen-bond donors (Lipinski definition) is 2. The number of benzene rings is 1. The third kappa shape index (κ3) is 4.46. The first-order chi connectivity index (χ1) is 17.1. The largest absolute Gasteiger partial charge is 0.508 e. The monoisotopic (exact) mass is 475 g/mol. The van der Waals surface area contributed by atoms with Crippen molar-refractivity contribution in [1.29, 1.82) is 0 Å². The fourth-order valence-corrected chi connectivity index (χ4v) is 5.06. The Morgan fingerprint density at radius 2 is 1.80 bits per heavy atom. The number of nitrogens with zero attached hydrogens (tertiary/aromatic N) is 8. The highest BCUT2D eigenvalue weighted by Gasteiger charge is 2.27. The van der Waals surface area contributed by atoms with Crippen LogP contribution in [0.1, 0.15) is 12.8 Å². The average molecular weight is 476 g/mol. The van der Waals surface area contributed by atoms with Gasteiger partial charge in [-0.15, -0.1) is 5.10 Å². The van der Waals surface area contributed by atoms with E-state index in [1.54, 1.807) is 30.5 Å². The average Bonchev–Trinajstić information content (AvgIpc) is 3.56. The molecule has 182 valence electrons. The Morgan fingerprint density at radius 3 is 2.57 bits per heavy atom. The Balaban J connectivity index is 1.10. The number of anilines is 3. The van der Waals surface area contributed by atoms with Gasteiger partial charge in [-0.3, -0.25) is 4.90 Å². The predicted molar refractivity (Wildman–Crippen MR) is 132 cm³/mol. The van der Waals surface area contributed by atoms with E-state index in [0.717, 1.165) is 52.2 Å². The van der Waals surface area contributed by atoms with Gasteiger partial charge in [0.1, 0.15) is 5.75 Å². The van der Waals surface area contributed by atoms with Gasteiger partial charge in [-0.1, -0.05) is 0 Å². The first-order valence-corrected chi connectivity index (χ1v) is 12.1. The zero-order chi connectivity index (χ0) is 23.8. The molecule has 11 heteroatoms. The maximum atomic E-state index is 9.53. The summed E-state index contributed by atoms with van der Waals surface area (Å²) in [6.07, 6.45) is 3.87. The molecule has 0 aliphatic carbocycles. The van der Waals surface area contributed by atoms with Crippen molar-refractivity contribution in [1.82, 2.24) is 29.5 Å². The minimum absolute atomic E-state index is 0.266. The molecule has 6 rings (SSSR count). The molecule has 0 amide bonds. The van der Waals surface area contributed by atoms with Crippen LogP contribution in [-0.4, -0.2) is 80.4 Å². The molecule has 1 aromatic carbocycles. The van der Waals surface area contributed by atoms with E-state index in [9.17, 15) is 5.11 Å². The van der Waals surface area contributed by atoms with Crippen molar-refractivity contribution >= 4 is 23.4 Å². The van der Waals surface area contributed by atoms with Crippen molar-refractivity contribution in [3.8, 4) is 17.3 Å². The number of phenols is 1. The van der Waals surface area contributed by atoms with Gasteiger partial charge in [0.2, 0.25) is 17.7 Å². The van der Waals surface area contributed by atoms with Crippen LogP contribution in [0, 0.1) is 5.92 Å². The van der Waals surface area contributed by atoms with Crippen LogP contribution < -0.4 is 15.5 Å². The Kier molecular flexibility index (Phi) is 5.61. The lowest BCUT2D eigenvalue weighted by Crippen LogP contribution is -2.49. The minimum atomic E-state index is 0.266. The Hall–Kier alpha value is -3.86. The summed E-state index contributed by atoms with van der Waals surface area (Å²) in [7, 11) is 0. The Bertz CT molecular complexity index is 1280. The number of fused-ring (bicyclic) bond motifs is 1. The molecule has 1 unspecified atom stereocenters. The number of piperidine rings is 1. The van der Waals surface area contributed by atoms with Crippen LogP contribution >= 0.6 is 0 Å². The molecule has 3 aromatic heterocycles. The van der Waals surface area contributed by atoms with E-state index < -0.39 is 0 Å². The van der Waals surface area contributed by atoms with Gasteiger partial charge in [0.25, 0.3) is 5.78 Å². The molecule has 0 spiro atoms. The fraction of sp³-hybridized carbons (Fsp3) is 0.417. The van der Waals surface area contributed by atoms with Gasteiger partial charge >= 0.3 is 0 Å². The van der Waals surface area contributed by atoms with Gasteiger partial charge in [0, 0.05) is 51.5 Å². The van der Waals surface area contributed by atoms with Crippen molar-refractivity contribution in [2.45, 2.75) is 12.8 Å². The maximum absolute atomic E-state index is 9.53. The van der Waals surface area contributed by atoms with Crippen LogP contribution in [0.25, 0.3) is 17.4 Å². The van der Waals surface area contributed by atoms with Crippen molar-refractivity contribution in [3.05, 3.63) is 42.7 Å². The Morgan fingerprint density at radius 1 is 0.971 bits per heavy atom. The molecule has 11 nitrogen and oxygen atoms in total. The van der Waals surface area contributed by atoms with E-state index in [0.29, 0.717) is 35.0 Å². The lowest BCUT2D eigenvalue weighted by atomic mass is 9.97. The molecule has 0 radical (unpaired) electrons. The summed E-state index contributed by atoms with van der Waals surface area (Å²) in [5.74, 6) is 3.16. The van der Waals surface area contributed by atoms with Crippen molar-refractivity contribution < 1.29 is 9.52 Å². The zero-order valence-electron chi connectivity index (χ0n) is 19.5. The number of aromatic hydroxyl groups is 1. The van der Waals surface area contributed by atoms with E-state index in [1.807, 2.05) is 12.1 Å². The molecule has 5 heterocycles. The van der Waals surface area contributed by atoms with Gasteiger partial charge in [0.15, 0.2) is 5.76 Å². The third-order valence-electron chi connectivity index (χ3n) is 6.87. The second-order valence-electron chi connectivity index (χ2n) is 9.26. The SMILES string of the molecule is Nc1nc(N2CCCC(CN3CCN(c4ccc(O)cc4)CC3)C2)nc2nc(-c3ccco3)nn12. The molecule has 0 bridgehead atoms. The van der Waals surface area contributed by atoms with Crippen molar-refractivity contribution in [2.24, 2.45) is 5.92 Å². The normalized spacial score (nSPS) is 19.5. The van der Waals surface area contributed by atoms with E-state index in [1.165, 1.54) is 16.6 Å². The van der Waals surface area contributed by atoms with E-state index in [4.69, 9.17) is 10.2 Å². The molecule has 2 fully saturated rings. The minimum Gasteiger partial charge on any atom is -0.508 e. The number of hydrogen-bond acceptors (Lipinski definition) is 10. The maximum Gasteiger partial charge on any atom is 0.259 e. The van der Waals surface area contributed by atoms with Crippen LogP contribution in [0.5, 0.6) is 5.75 Å². The van der Waals surface area contributed by atoms with E-state index >= 15 is 0 Å². The quantitative estimate of drug-likeness (QED) is 0.443. The van der Waals surface area contributed by atoms with Crippen LogP contribution in [-0.2, 0) is 0 Å². The highest BCUT2D eigenvalue weighted by Crippen LogP contribution is 2.25. The second kappa shape index (κ2) is 9.06. The number of rotatable bonds is 5. The highest BCUT2D eigenvalue weighted by atomic mass is 16.3. The summed E-state index contributed by atoms with van der Waals surface area (Å²) < 4.78 is 6.86. The number of piperazine rings is 1. The summed E-state index contributed by atoms with van der Waals surface area (Å²) in [4.78, 5) is 20.8. The van der Waals surface area contributed by atoms with Crippen LogP contribution in [0.15, 0.2) is 47.1 Å². The first-order valence-electron chi connectivity index (χ1n) is 12.1. The molecule has 2 aliphatic rings. The summed E-state index contributed by atoms with van der Waals surface area (Å²) in [6, 6.07) is 11.1. The van der Waals surface area contributed by atoms with Gasteiger partial charge in [0.05, 0.1) is 6.26 Å². The standard InChI is InChI=1S/C24H29N9O2/c25-22-27-23(28-24-26-21(29-33(22)24)20-4-2-14-35-20)32-9-1-3-17(16-32)15-30-10-12-31(13-11-30)18-5-7-19(34)8-6-18/h2,4-8,14,17,34H,1,3,9-13,15-16H2,(H2,25,26,27,28,29). The molecule has 35 heavy (non-hydrogen) atoms. The summed E-state index contributed by atoms with van der Waals surface area (Å²) in [6.45, 7) is 6.90. The first kappa shape index (κ1) is 21.7. The summed E-state index contributed by atoms with van der Waals surface area (Å²) >= 11 is 0. The van der Waals surface area contributed by atoms with Gasteiger partial charge in [-0.25, -0.2) is 0 Å². The molecule has 1 atom stereocenters.